The molecule has 0 saturated heterocycles. The number of rotatable bonds is 4. The maximum atomic E-state index is 11.5. The van der Waals surface area contributed by atoms with Crippen molar-refractivity contribution in [1.82, 2.24) is 5.32 Å². The van der Waals surface area contributed by atoms with E-state index in [1.165, 1.54) is 0 Å². The van der Waals surface area contributed by atoms with Crippen LogP contribution in [0.15, 0.2) is 24.3 Å². The van der Waals surface area contributed by atoms with Crippen LogP contribution in [0.2, 0.25) is 0 Å². The Morgan fingerprint density at radius 3 is 2.35 bits per heavy atom. The lowest BCUT2D eigenvalue weighted by Gasteiger charge is -2.13. The van der Waals surface area contributed by atoms with Gasteiger partial charge in [-0.1, -0.05) is 24.6 Å². The number of aliphatic carboxylic acids is 1. The van der Waals surface area contributed by atoms with Crippen LogP contribution in [0.1, 0.15) is 18.9 Å². The lowest BCUT2D eigenvalue weighted by molar-refractivity contribution is -0.139. The molecule has 1 atom stereocenters. The molecule has 0 heterocycles. The Kier molecular flexibility index (Phi) is 4.51. The molecule has 5 nitrogen and oxygen atoms in total. The van der Waals surface area contributed by atoms with Crippen LogP contribution in [0.3, 0.4) is 0 Å². The van der Waals surface area contributed by atoms with E-state index < -0.39 is 18.0 Å². The lowest BCUT2D eigenvalue weighted by atomic mass is 10.2. The zero-order chi connectivity index (χ0) is 12.8. The van der Waals surface area contributed by atoms with Gasteiger partial charge in [0.05, 0.1) is 0 Å². The van der Waals surface area contributed by atoms with E-state index in [0.29, 0.717) is 12.1 Å². The molecule has 1 aromatic carbocycles. The van der Waals surface area contributed by atoms with Gasteiger partial charge in [-0.2, -0.15) is 0 Å². The molecule has 3 N–H and O–H groups in total. The van der Waals surface area contributed by atoms with Crippen LogP contribution in [-0.4, -0.2) is 23.1 Å². The number of hydrogen-bond donors (Lipinski definition) is 3. The van der Waals surface area contributed by atoms with E-state index in [9.17, 15) is 9.59 Å². The van der Waals surface area contributed by atoms with Crippen LogP contribution in [0.4, 0.5) is 10.5 Å². The van der Waals surface area contributed by atoms with Crippen molar-refractivity contribution in [1.29, 1.82) is 0 Å². The number of anilines is 1. The number of amides is 2. The fourth-order valence-corrected chi connectivity index (χ4v) is 1.30. The van der Waals surface area contributed by atoms with Gasteiger partial charge in [0.15, 0.2) is 0 Å². The largest absolute Gasteiger partial charge is 0.480 e. The Morgan fingerprint density at radius 1 is 1.29 bits per heavy atom. The van der Waals surface area contributed by atoms with Gasteiger partial charge in [0, 0.05) is 5.69 Å². The molecule has 0 saturated carbocycles. The maximum Gasteiger partial charge on any atom is 0.326 e. The Balaban J connectivity index is 2.54. The number of carbonyl (C=O) groups is 2. The zero-order valence-electron chi connectivity index (χ0n) is 9.86. The summed E-state index contributed by atoms with van der Waals surface area (Å²) < 4.78 is 0. The number of urea groups is 1. The molecular formula is C12H16N2O3. The number of hydrogen-bond acceptors (Lipinski definition) is 2. The first kappa shape index (κ1) is 13.0. The fraction of sp³-hybridized carbons (Fsp3) is 0.333. The molecule has 0 aliphatic carbocycles. The highest BCUT2D eigenvalue weighted by atomic mass is 16.4. The van der Waals surface area contributed by atoms with Crippen molar-refractivity contribution >= 4 is 17.7 Å². The van der Waals surface area contributed by atoms with E-state index in [-0.39, 0.29) is 0 Å². The molecule has 0 aliphatic heterocycles. The average molecular weight is 236 g/mol. The van der Waals surface area contributed by atoms with Crippen LogP contribution >= 0.6 is 0 Å². The van der Waals surface area contributed by atoms with Crippen molar-refractivity contribution in [3.05, 3.63) is 29.8 Å². The number of aryl methyl sites for hydroxylation is 1. The average Bonchev–Trinajstić information content (AvgIpc) is 2.28. The molecule has 0 spiro atoms. The minimum Gasteiger partial charge on any atom is -0.480 e. The summed E-state index contributed by atoms with van der Waals surface area (Å²) in [5, 5.41) is 13.7. The molecule has 17 heavy (non-hydrogen) atoms. The predicted molar refractivity (Wildman–Crippen MR) is 65.0 cm³/mol. The zero-order valence-corrected chi connectivity index (χ0v) is 9.86. The minimum atomic E-state index is -1.04. The third-order valence-corrected chi connectivity index (χ3v) is 2.32. The predicted octanol–water partition coefficient (Wildman–Crippen LogP) is 1.98. The van der Waals surface area contributed by atoms with Crippen molar-refractivity contribution in [3.8, 4) is 0 Å². The Labute approximate surface area is 99.8 Å². The smallest absolute Gasteiger partial charge is 0.326 e. The third-order valence-electron chi connectivity index (χ3n) is 2.32. The molecule has 1 unspecified atom stereocenters. The first-order valence-corrected chi connectivity index (χ1v) is 5.40. The van der Waals surface area contributed by atoms with Gasteiger partial charge in [-0.3, -0.25) is 0 Å². The second-order valence-electron chi connectivity index (χ2n) is 3.76. The lowest BCUT2D eigenvalue weighted by Crippen LogP contribution is -2.42. The van der Waals surface area contributed by atoms with Crippen molar-refractivity contribution in [2.75, 3.05) is 5.32 Å². The Bertz CT molecular complexity index is 401. The number of carbonyl (C=O) groups excluding carboxylic acids is 1. The van der Waals surface area contributed by atoms with Gasteiger partial charge in [-0.25, -0.2) is 9.59 Å². The van der Waals surface area contributed by atoms with Gasteiger partial charge in [0.25, 0.3) is 0 Å². The van der Waals surface area contributed by atoms with Gasteiger partial charge in [-0.15, -0.1) is 0 Å². The molecule has 1 aromatic rings. The second-order valence-corrected chi connectivity index (χ2v) is 3.76. The van der Waals surface area contributed by atoms with Crippen LogP contribution in [0.25, 0.3) is 0 Å². The van der Waals surface area contributed by atoms with E-state index in [1.807, 2.05) is 19.1 Å². The molecule has 0 bridgehead atoms. The molecule has 0 aliphatic rings. The summed E-state index contributed by atoms with van der Waals surface area (Å²) in [6.07, 6.45) is 0.344. The number of benzene rings is 1. The van der Waals surface area contributed by atoms with E-state index in [0.717, 1.165) is 5.56 Å². The van der Waals surface area contributed by atoms with Gasteiger partial charge < -0.3 is 15.7 Å². The molecule has 5 heteroatoms. The van der Waals surface area contributed by atoms with Crippen LogP contribution < -0.4 is 10.6 Å². The molecule has 0 aromatic heterocycles. The van der Waals surface area contributed by atoms with E-state index in [4.69, 9.17) is 5.11 Å². The summed E-state index contributed by atoms with van der Waals surface area (Å²) in [7, 11) is 0. The molecular weight excluding hydrogens is 220 g/mol. The fourth-order valence-electron chi connectivity index (χ4n) is 1.30. The number of carboxylic acid groups (broad SMARTS) is 1. The van der Waals surface area contributed by atoms with Crippen molar-refractivity contribution in [2.24, 2.45) is 0 Å². The number of carboxylic acids is 1. The van der Waals surface area contributed by atoms with Crippen molar-refractivity contribution in [2.45, 2.75) is 26.3 Å². The molecule has 0 radical (unpaired) electrons. The highest BCUT2D eigenvalue weighted by Gasteiger charge is 2.17. The van der Waals surface area contributed by atoms with Gasteiger partial charge in [0.1, 0.15) is 6.04 Å². The quantitative estimate of drug-likeness (QED) is 0.748. The maximum absolute atomic E-state index is 11.5. The summed E-state index contributed by atoms with van der Waals surface area (Å²) in [5.41, 5.74) is 1.72. The van der Waals surface area contributed by atoms with Crippen molar-refractivity contribution < 1.29 is 14.7 Å². The summed E-state index contributed by atoms with van der Waals surface area (Å²) >= 11 is 0. The summed E-state index contributed by atoms with van der Waals surface area (Å²) in [6.45, 7) is 3.65. The highest BCUT2D eigenvalue weighted by Crippen LogP contribution is 2.08. The first-order valence-electron chi connectivity index (χ1n) is 5.40. The minimum absolute atomic E-state index is 0.344. The first-order chi connectivity index (χ1) is 8.02. The summed E-state index contributed by atoms with van der Waals surface area (Å²) in [6, 6.07) is 5.88. The van der Waals surface area contributed by atoms with Crippen molar-refractivity contribution in [3.63, 3.8) is 0 Å². The second kappa shape index (κ2) is 5.89. The van der Waals surface area contributed by atoms with Gasteiger partial charge >= 0.3 is 12.0 Å². The molecule has 92 valence electrons. The van der Waals surface area contributed by atoms with Crippen LogP contribution in [0.5, 0.6) is 0 Å². The van der Waals surface area contributed by atoms with E-state index in [1.54, 1.807) is 19.1 Å². The summed E-state index contributed by atoms with van der Waals surface area (Å²) in [4.78, 5) is 22.2. The van der Waals surface area contributed by atoms with Gasteiger partial charge in [-0.05, 0) is 25.5 Å². The highest BCUT2D eigenvalue weighted by molar-refractivity contribution is 5.92. The van der Waals surface area contributed by atoms with E-state index >= 15 is 0 Å². The van der Waals surface area contributed by atoms with Crippen LogP contribution in [-0.2, 0) is 4.79 Å². The SMILES string of the molecule is CCC(NC(=O)Nc1ccc(C)cc1)C(=O)O. The Hall–Kier alpha value is -2.04. The normalized spacial score (nSPS) is 11.6. The Morgan fingerprint density at radius 2 is 1.88 bits per heavy atom. The molecule has 0 fully saturated rings. The molecule has 2 amide bonds. The third kappa shape index (κ3) is 4.14. The number of nitrogens with one attached hydrogen (secondary N) is 2. The standard InChI is InChI=1S/C12H16N2O3/c1-3-10(11(15)16)14-12(17)13-9-6-4-8(2)5-7-9/h4-7,10H,3H2,1-2H3,(H,15,16)(H2,13,14,17). The molecule has 1 rings (SSSR count). The monoisotopic (exact) mass is 236 g/mol. The van der Waals surface area contributed by atoms with E-state index in [2.05, 4.69) is 10.6 Å². The van der Waals surface area contributed by atoms with Gasteiger partial charge in [0.2, 0.25) is 0 Å². The summed E-state index contributed by atoms with van der Waals surface area (Å²) in [5.74, 6) is -1.04. The van der Waals surface area contributed by atoms with Crippen LogP contribution in [0, 0.1) is 6.92 Å². The topological polar surface area (TPSA) is 78.4 Å².